The van der Waals surface area contributed by atoms with Gasteiger partial charge in [0.05, 0.1) is 11.9 Å². The second-order valence-electron chi connectivity index (χ2n) is 6.59. The average molecular weight is 459 g/mol. The van der Waals surface area contributed by atoms with Gasteiger partial charge >= 0.3 is 0 Å². The van der Waals surface area contributed by atoms with Crippen LogP contribution in [0.15, 0.2) is 36.4 Å². The lowest BCUT2D eigenvalue weighted by molar-refractivity contribution is -0.119. The third kappa shape index (κ3) is 6.62. The van der Waals surface area contributed by atoms with E-state index in [1.165, 1.54) is 17.8 Å². The van der Waals surface area contributed by atoms with Crippen LogP contribution in [0.4, 0.5) is 10.1 Å². The van der Waals surface area contributed by atoms with E-state index in [1.54, 1.807) is 24.3 Å². The monoisotopic (exact) mass is 458 g/mol. The van der Waals surface area contributed by atoms with E-state index in [0.29, 0.717) is 34.3 Å². The molecular formula is C20H24ClFN2O3S2. The summed E-state index contributed by atoms with van der Waals surface area (Å²) in [4.78, 5) is 12.3. The summed E-state index contributed by atoms with van der Waals surface area (Å²) in [5.74, 6) is 0.171. The van der Waals surface area contributed by atoms with E-state index < -0.39 is 15.9 Å². The van der Waals surface area contributed by atoms with Gasteiger partial charge in [0.1, 0.15) is 12.4 Å². The van der Waals surface area contributed by atoms with Crippen LogP contribution >= 0.6 is 23.4 Å². The highest BCUT2D eigenvalue weighted by Crippen LogP contribution is 2.25. The minimum atomic E-state index is -3.62. The van der Waals surface area contributed by atoms with Crippen LogP contribution in [-0.4, -0.2) is 39.4 Å². The van der Waals surface area contributed by atoms with E-state index >= 15 is 0 Å². The SMILES string of the molecule is Cc1cccc(N(CC(=O)NCCSCc2c(F)cccc2Cl)S(C)(=O)=O)c1C. The van der Waals surface area contributed by atoms with Crippen LogP contribution in [0.25, 0.3) is 0 Å². The molecule has 0 bridgehead atoms. The number of rotatable bonds is 9. The Bertz CT molecular complexity index is 963. The molecule has 1 N–H and O–H groups in total. The number of nitrogens with one attached hydrogen (secondary N) is 1. The highest BCUT2D eigenvalue weighted by atomic mass is 35.5. The Morgan fingerprint density at radius 1 is 1.21 bits per heavy atom. The second-order valence-corrected chi connectivity index (χ2v) is 10.0. The summed E-state index contributed by atoms with van der Waals surface area (Å²) in [6, 6.07) is 9.88. The van der Waals surface area contributed by atoms with E-state index in [4.69, 9.17) is 11.6 Å². The lowest BCUT2D eigenvalue weighted by atomic mass is 10.1. The highest BCUT2D eigenvalue weighted by Gasteiger charge is 2.22. The first-order valence-corrected chi connectivity index (χ1v) is 12.3. The van der Waals surface area contributed by atoms with Crippen LogP contribution in [0, 0.1) is 19.7 Å². The molecule has 2 aromatic carbocycles. The van der Waals surface area contributed by atoms with Gasteiger partial charge in [-0.05, 0) is 43.2 Å². The Kier molecular flexibility index (Phi) is 8.36. The van der Waals surface area contributed by atoms with Crippen molar-refractivity contribution in [2.45, 2.75) is 19.6 Å². The molecule has 0 heterocycles. The predicted octanol–water partition coefficient (Wildman–Crippen LogP) is 3.91. The Morgan fingerprint density at radius 3 is 2.55 bits per heavy atom. The molecule has 2 rings (SSSR count). The summed E-state index contributed by atoms with van der Waals surface area (Å²) in [6.45, 7) is 3.75. The van der Waals surface area contributed by atoms with Gasteiger partial charge in [0.2, 0.25) is 15.9 Å². The maximum Gasteiger partial charge on any atom is 0.240 e. The molecule has 0 aliphatic heterocycles. The molecule has 0 aliphatic rings. The van der Waals surface area contributed by atoms with Gasteiger partial charge in [-0.25, -0.2) is 12.8 Å². The van der Waals surface area contributed by atoms with Gasteiger partial charge in [-0.15, -0.1) is 0 Å². The molecule has 9 heteroatoms. The first-order valence-electron chi connectivity index (χ1n) is 8.92. The first kappa shape index (κ1) is 23.5. The number of sulfonamides is 1. The molecule has 0 unspecified atom stereocenters. The standard InChI is InChI=1S/C20H24ClFN2O3S2/c1-14-6-4-9-19(15(14)2)24(29(3,26)27)12-20(25)23-10-11-28-13-16-17(21)7-5-8-18(16)22/h4-9H,10-13H2,1-3H3,(H,23,25). The molecule has 0 radical (unpaired) electrons. The first-order chi connectivity index (χ1) is 13.6. The quantitative estimate of drug-likeness (QED) is 0.578. The largest absolute Gasteiger partial charge is 0.354 e. The van der Waals surface area contributed by atoms with Crippen molar-refractivity contribution in [3.05, 3.63) is 63.9 Å². The molecule has 158 valence electrons. The number of anilines is 1. The molecule has 0 saturated heterocycles. The van der Waals surface area contributed by atoms with Crippen LogP contribution in [0.5, 0.6) is 0 Å². The summed E-state index contributed by atoms with van der Waals surface area (Å²) < 4.78 is 39.3. The molecule has 0 fully saturated rings. The fourth-order valence-corrected chi connectivity index (χ4v) is 4.78. The molecular weight excluding hydrogens is 435 g/mol. The summed E-state index contributed by atoms with van der Waals surface area (Å²) >= 11 is 7.42. The van der Waals surface area contributed by atoms with Crippen molar-refractivity contribution >= 4 is 45.0 Å². The van der Waals surface area contributed by atoms with Gasteiger partial charge < -0.3 is 5.32 Å². The minimum Gasteiger partial charge on any atom is -0.354 e. The van der Waals surface area contributed by atoms with E-state index in [0.717, 1.165) is 21.7 Å². The van der Waals surface area contributed by atoms with E-state index in [1.807, 2.05) is 19.9 Å². The molecule has 0 saturated carbocycles. The lowest BCUT2D eigenvalue weighted by Gasteiger charge is -2.24. The van der Waals surface area contributed by atoms with Crippen molar-refractivity contribution in [2.24, 2.45) is 0 Å². The smallest absolute Gasteiger partial charge is 0.240 e. The number of aryl methyl sites for hydroxylation is 1. The van der Waals surface area contributed by atoms with Gasteiger partial charge in [-0.2, -0.15) is 11.8 Å². The number of carbonyl (C=O) groups is 1. The van der Waals surface area contributed by atoms with E-state index in [9.17, 15) is 17.6 Å². The molecule has 0 atom stereocenters. The topological polar surface area (TPSA) is 66.5 Å². The Hall–Kier alpha value is -1.77. The normalized spacial score (nSPS) is 11.3. The van der Waals surface area contributed by atoms with Gasteiger partial charge in [0.15, 0.2) is 0 Å². The Morgan fingerprint density at radius 2 is 1.90 bits per heavy atom. The van der Waals surface area contributed by atoms with Crippen molar-refractivity contribution in [1.82, 2.24) is 5.32 Å². The van der Waals surface area contributed by atoms with Crippen LogP contribution in [0.3, 0.4) is 0 Å². The lowest BCUT2D eigenvalue weighted by Crippen LogP contribution is -2.41. The molecule has 29 heavy (non-hydrogen) atoms. The zero-order valence-electron chi connectivity index (χ0n) is 16.5. The molecule has 0 spiro atoms. The van der Waals surface area contributed by atoms with Crippen LogP contribution in [0.2, 0.25) is 5.02 Å². The number of amides is 1. The predicted molar refractivity (Wildman–Crippen MR) is 119 cm³/mol. The molecule has 2 aromatic rings. The minimum absolute atomic E-state index is 0.299. The van der Waals surface area contributed by atoms with Crippen molar-refractivity contribution in [3.8, 4) is 0 Å². The summed E-state index contributed by atoms with van der Waals surface area (Å²) in [6.07, 6.45) is 1.08. The number of thioether (sulfide) groups is 1. The Balaban J connectivity index is 1.90. The zero-order chi connectivity index (χ0) is 21.6. The van der Waals surface area contributed by atoms with Crippen molar-refractivity contribution < 1.29 is 17.6 Å². The number of hydrogen-bond donors (Lipinski definition) is 1. The fourth-order valence-electron chi connectivity index (χ4n) is 2.68. The average Bonchev–Trinajstić information content (AvgIpc) is 2.63. The number of nitrogens with zero attached hydrogens (tertiary/aromatic N) is 1. The van der Waals surface area contributed by atoms with E-state index in [-0.39, 0.29) is 12.4 Å². The number of carbonyl (C=O) groups excluding carboxylic acids is 1. The molecule has 5 nitrogen and oxygen atoms in total. The molecule has 0 aliphatic carbocycles. The highest BCUT2D eigenvalue weighted by molar-refractivity contribution is 7.98. The third-order valence-corrected chi connectivity index (χ3v) is 6.88. The molecule has 0 aromatic heterocycles. The summed E-state index contributed by atoms with van der Waals surface area (Å²) in [5, 5.41) is 3.09. The third-order valence-electron chi connectivity index (χ3n) is 4.41. The summed E-state index contributed by atoms with van der Waals surface area (Å²) in [5.41, 5.74) is 2.68. The zero-order valence-corrected chi connectivity index (χ0v) is 18.9. The number of hydrogen-bond acceptors (Lipinski definition) is 4. The van der Waals surface area contributed by atoms with Crippen LogP contribution in [0.1, 0.15) is 16.7 Å². The number of halogens is 2. The van der Waals surface area contributed by atoms with Crippen LogP contribution in [-0.2, 0) is 20.6 Å². The van der Waals surface area contributed by atoms with Gasteiger partial charge in [-0.3, -0.25) is 9.10 Å². The van der Waals surface area contributed by atoms with Crippen LogP contribution < -0.4 is 9.62 Å². The number of benzene rings is 2. The maximum absolute atomic E-state index is 13.7. The van der Waals surface area contributed by atoms with Crippen molar-refractivity contribution in [3.63, 3.8) is 0 Å². The van der Waals surface area contributed by atoms with Crippen molar-refractivity contribution in [2.75, 3.05) is 29.4 Å². The Labute approximate surface area is 180 Å². The van der Waals surface area contributed by atoms with Gasteiger partial charge in [0, 0.05) is 28.6 Å². The fraction of sp³-hybridized carbons (Fsp3) is 0.350. The van der Waals surface area contributed by atoms with Gasteiger partial charge in [0.25, 0.3) is 0 Å². The maximum atomic E-state index is 13.7. The second kappa shape index (κ2) is 10.3. The molecule has 1 amide bonds. The van der Waals surface area contributed by atoms with E-state index in [2.05, 4.69) is 5.32 Å². The van der Waals surface area contributed by atoms with Crippen molar-refractivity contribution in [1.29, 1.82) is 0 Å². The summed E-state index contributed by atoms with van der Waals surface area (Å²) in [7, 11) is -3.62. The van der Waals surface area contributed by atoms with Gasteiger partial charge in [-0.1, -0.05) is 29.8 Å².